The minimum absolute atomic E-state index is 0.0472. The van der Waals surface area contributed by atoms with Gasteiger partial charge < -0.3 is 19.1 Å². The van der Waals surface area contributed by atoms with Crippen LogP contribution in [0.1, 0.15) is 86.2 Å². The lowest BCUT2D eigenvalue weighted by molar-refractivity contribution is 0.414. The molecule has 0 saturated heterocycles. The number of methoxy groups -OCH3 is 2. The van der Waals surface area contributed by atoms with Gasteiger partial charge in [0, 0.05) is 33.7 Å². The molecule has 0 atom stereocenters. The maximum absolute atomic E-state index is 16.1. The van der Waals surface area contributed by atoms with Crippen molar-refractivity contribution < 1.29 is 23.2 Å². The minimum Gasteiger partial charge on any atom is -0.507 e. The number of benzene rings is 5. The normalized spacial score (nSPS) is 13.9. The fourth-order valence-electron chi connectivity index (χ4n) is 7.46. The summed E-state index contributed by atoms with van der Waals surface area (Å²) in [6.07, 6.45) is 2.36. The predicted molar refractivity (Wildman–Crippen MR) is 235 cm³/mol. The smallest absolute Gasteiger partial charge is 0.507 e. The van der Waals surface area contributed by atoms with Crippen LogP contribution in [0, 0.1) is 0 Å². The van der Waals surface area contributed by atoms with E-state index in [1.165, 1.54) is 5.56 Å². The van der Waals surface area contributed by atoms with Crippen LogP contribution in [-0.2, 0) is 17.3 Å². The number of para-hydroxylation sites is 1. The number of allylic oxidation sites excluding steroid dienone is 2. The first-order chi connectivity index (χ1) is 27.7. The Kier molecular flexibility index (Phi) is 11.1. The van der Waals surface area contributed by atoms with Gasteiger partial charge in [0.25, 0.3) is 0 Å². The van der Waals surface area contributed by atoms with Crippen molar-refractivity contribution in [3.05, 3.63) is 184 Å². The number of aliphatic imine (C=N–C) groups is 1. The highest BCUT2D eigenvalue weighted by Gasteiger charge is 2.34. The summed E-state index contributed by atoms with van der Waals surface area (Å²) >= 11 is 0. The maximum Gasteiger partial charge on any atom is 0.678 e. The molecular weight excluding hydrogens is 725 g/mol. The zero-order valence-corrected chi connectivity index (χ0v) is 34.4. The molecular formula is C50H49BF2N2O3. The second-order valence-corrected chi connectivity index (χ2v) is 16.8. The molecule has 0 unspecified atom stereocenters. The summed E-state index contributed by atoms with van der Waals surface area (Å²) in [6, 6.07) is 40.2. The molecule has 7 rings (SSSR count). The molecule has 1 aliphatic heterocycles. The Morgan fingerprint density at radius 3 is 1.71 bits per heavy atom. The Labute approximate surface area is 341 Å². The molecule has 1 N–H and O–H groups in total. The molecule has 5 nitrogen and oxygen atoms in total. The number of hydrogen-bond acceptors (Lipinski definition) is 4. The van der Waals surface area contributed by atoms with Crippen LogP contribution in [0.25, 0.3) is 22.4 Å². The molecule has 0 saturated carbocycles. The van der Waals surface area contributed by atoms with Gasteiger partial charge in [-0.05, 0) is 117 Å². The van der Waals surface area contributed by atoms with E-state index < -0.39 is 7.40 Å². The lowest BCUT2D eigenvalue weighted by Crippen LogP contribution is -2.19. The van der Waals surface area contributed by atoms with E-state index in [0.717, 1.165) is 32.3 Å². The van der Waals surface area contributed by atoms with E-state index in [1.807, 2.05) is 42.5 Å². The van der Waals surface area contributed by atoms with Crippen molar-refractivity contribution in [2.75, 3.05) is 14.2 Å². The molecule has 0 fully saturated rings. The van der Waals surface area contributed by atoms with Crippen molar-refractivity contribution in [2.24, 2.45) is 4.99 Å². The van der Waals surface area contributed by atoms with Gasteiger partial charge in [0.05, 0.1) is 25.6 Å². The first-order valence-electron chi connectivity index (χ1n) is 19.5. The number of nitrogens with zero attached hydrogens (tertiary/aromatic N) is 2. The van der Waals surface area contributed by atoms with Gasteiger partial charge in [-0.3, -0.25) is 8.63 Å². The summed E-state index contributed by atoms with van der Waals surface area (Å²) in [5, 5.41) is 11.7. The maximum atomic E-state index is 16.1. The molecule has 0 spiro atoms. The van der Waals surface area contributed by atoms with Gasteiger partial charge in [0.2, 0.25) is 0 Å². The fourth-order valence-corrected chi connectivity index (χ4v) is 7.46. The Morgan fingerprint density at radius 2 is 1.19 bits per heavy atom. The van der Waals surface area contributed by atoms with Gasteiger partial charge in [-0.15, -0.1) is 0 Å². The lowest BCUT2D eigenvalue weighted by Gasteiger charge is -2.21. The Hall–Kier alpha value is -6.15. The van der Waals surface area contributed by atoms with Gasteiger partial charge in [0.15, 0.2) is 0 Å². The SMILES string of the molecule is COc1ccc(C2=N/C(=C(/c3ccccc3O)c3c(Cc4ccc(C(C)(C)C)cc4)cc(-c4ccc(OC)cc4)n3B(F)F)C(c3ccc(C(C)(C)C)cc3)=C2)cc1. The van der Waals surface area contributed by atoms with Crippen molar-refractivity contribution in [3.8, 4) is 28.5 Å². The summed E-state index contributed by atoms with van der Waals surface area (Å²) in [7, 11) is 0.248. The van der Waals surface area contributed by atoms with Crippen molar-refractivity contribution in [3.63, 3.8) is 0 Å². The monoisotopic (exact) mass is 774 g/mol. The van der Waals surface area contributed by atoms with Crippen LogP contribution in [0.4, 0.5) is 8.63 Å². The summed E-state index contributed by atoms with van der Waals surface area (Å²) in [5.74, 6) is 1.28. The number of aromatic hydroxyl groups is 1. The third-order valence-corrected chi connectivity index (χ3v) is 10.8. The molecule has 1 aliphatic rings. The average molecular weight is 775 g/mol. The molecule has 294 valence electrons. The number of phenolic OH excluding ortho intramolecular Hbond substituents is 1. The Balaban J connectivity index is 1.57. The van der Waals surface area contributed by atoms with Crippen molar-refractivity contribution in [2.45, 2.75) is 58.8 Å². The second-order valence-electron chi connectivity index (χ2n) is 16.8. The molecule has 5 aromatic carbocycles. The fraction of sp³-hybridized carbons (Fsp3) is 0.220. The van der Waals surface area contributed by atoms with Crippen molar-refractivity contribution in [1.82, 2.24) is 4.48 Å². The van der Waals surface area contributed by atoms with Crippen LogP contribution < -0.4 is 9.47 Å². The third-order valence-electron chi connectivity index (χ3n) is 10.8. The van der Waals surface area contributed by atoms with Crippen LogP contribution in [0.2, 0.25) is 0 Å². The largest absolute Gasteiger partial charge is 0.678 e. The van der Waals surface area contributed by atoms with Crippen molar-refractivity contribution >= 4 is 24.3 Å². The van der Waals surface area contributed by atoms with Crippen LogP contribution in [-0.4, -0.2) is 36.9 Å². The second kappa shape index (κ2) is 16.0. The molecule has 8 heteroatoms. The number of rotatable bonds is 10. The minimum atomic E-state index is -2.95. The van der Waals surface area contributed by atoms with Gasteiger partial charge >= 0.3 is 7.40 Å². The molecule has 0 amide bonds. The van der Waals surface area contributed by atoms with E-state index in [0.29, 0.717) is 57.3 Å². The van der Waals surface area contributed by atoms with E-state index in [4.69, 9.17) is 14.5 Å². The summed E-state index contributed by atoms with van der Waals surface area (Å²) in [6.45, 7) is 13.0. The number of ether oxygens (including phenoxy) is 2. The highest BCUT2D eigenvalue weighted by molar-refractivity contribution is 6.42. The van der Waals surface area contributed by atoms with E-state index in [2.05, 4.69) is 90.1 Å². The topological polar surface area (TPSA) is 56.0 Å². The highest BCUT2D eigenvalue weighted by atomic mass is 19.2. The Morgan fingerprint density at radius 1 is 0.672 bits per heavy atom. The number of halogens is 2. The standard InChI is InChI=1S/C50H49BF2N2O3/c1-49(2,3)37-21-13-32(14-22-37)29-36-30-44(35-19-27-40(58-8)28-20-35)55(51(52)53)48(36)46(41-11-9-10-12-45(41)56)47-42(33-15-23-38(24-16-33)50(4,5)6)31-43(54-47)34-17-25-39(57-7)26-18-34/h9-28,30-31,56H,29H2,1-8H3/b47-46-. The van der Waals surface area contributed by atoms with E-state index in [-0.39, 0.29) is 22.3 Å². The average Bonchev–Trinajstić information content (AvgIpc) is 3.81. The van der Waals surface area contributed by atoms with Crippen LogP contribution >= 0.6 is 0 Å². The quantitative estimate of drug-likeness (QED) is 0.141. The molecule has 1 aromatic heterocycles. The van der Waals surface area contributed by atoms with Gasteiger partial charge in [0.1, 0.15) is 17.2 Å². The van der Waals surface area contributed by atoms with E-state index >= 15 is 8.63 Å². The molecule has 0 bridgehead atoms. The van der Waals surface area contributed by atoms with E-state index in [1.54, 1.807) is 56.7 Å². The lowest BCUT2D eigenvalue weighted by atomic mass is 9.85. The molecule has 6 aromatic rings. The third kappa shape index (κ3) is 8.15. The van der Waals surface area contributed by atoms with E-state index in [9.17, 15) is 5.11 Å². The first kappa shape index (κ1) is 40.1. The van der Waals surface area contributed by atoms with Crippen molar-refractivity contribution in [1.29, 1.82) is 0 Å². The number of hydrogen-bond donors (Lipinski definition) is 1. The molecule has 2 heterocycles. The zero-order valence-electron chi connectivity index (χ0n) is 34.4. The highest BCUT2D eigenvalue weighted by Crippen LogP contribution is 2.45. The zero-order chi connectivity index (χ0) is 41.4. The molecule has 0 radical (unpaired) electrons. The van der Waals surface area contributed by atoms with Gasteiger partial charge in [-0.25, -0.2) is 4.99 Å². The first-order valence-corrected chi connectivity index (χ1v) is 19.5. The van der Waals surface area contributed by atoms with Crippen LogP contribution in [0.15, 0.2) is 144 Å². The summed E-state index contributed by atoms with van der Waals surface area (Å²) in [5.41, 5.74) is 9.40. The van der Waals surface area contributed by atoms with Crippen LogP contribution in [0.5, 0.6) is 17.2 Å². The Bertz CT molecular complexity index is 2520. The molecule has 0 aliphatic carbocycles. The predicted octanol–water partition coefficient (Wildman–Crippen LogP) is 12.2. The number of aromatic nitrogens is 1. The van der Waals surface area contributed by atoms with Gasteiger partial charge in [-0.2, -0.15) is 0 Å². The van der Waals surface area contributed by atoms with Crippen LogP contribution in [0.3, 0.4) is 0 Å². The summed E-state index contributed by atoms with van der Waals surface area (Å²) in [4.78, 5) is 5.31. The number of phenols is 1. The molecule has 58 heavy (non-hydrogen) atoms. The summed E-state index contributed by atoms with van der Waals surface area (Å²) < 4.78 is 44.2. The van der Waals surface area contributed by atoms with Gasteiger partial charge in [-0.1, -0.05) is 108 Å².